The van der Waals surface area contributed by atoms with Crippen LogP contribution in [0.2, 0.25) is 0 Å². The maximum absolute atomic E-state index is 11.3. The van der Waals surface area contributed by atoms with Gasteiger partial charge in [-0.15, -0.1) is 0 Å². The van der Waals surface area contributed by atoms with Crippen molar-refractivity contribution < 1.29 is 4.79 Å². The van der Waals surface area contributed by atoms with Crippen LogP contribution in [0.5, 0.6) is 0 Å². The van der Waals surface area contributed by atoms with Crippen LogP contribution in [0.25, 0.3) is 5.69 Å². The molecule has 0 saturated carbocycles. The van der Waals surface area contributed by atoms with Gasteiger partial charge in [0.05, 0.1) is 5.69 Å². The first-order valence-electron chi connectivity index (χ1n) is 4.36. The lowest BCUT2D eigenvalue weighted by Gasteiger charge is -2.05. The van der Waals surface area contributed by atoms with Gasteiger partial charge in [-0.05, 0) is 28.1 Å². The number of Topliss-reactive ketones (excluding diaryl/α,β-unsaturated/α-hetero) is 1. The van der Waals surface area contributed by atoms with Crippen molar-refractivity contribution in [3.05, 3.63) is 40.9 Å². The first-order valence-corrected chi connectivity index (χ1v) is 5.15. The molecule has 0 bridgehead atoms. The molecule has 0 atom stereocenters. The summed E-state index contributed by atoms with van der Waals surface area (Å²) in [6.07, 6.45) is 1.37. The minimum atomic E-state index is -0.108. The van der Waals surface area contributed by atoms with Crippen LogP contribution >= 0.6 is 15.9 Å². The fraction of sp³-hybridized carbons (Fsp3) is 0.100. The van der Waals surface area contributed by atoms with Crippen LogP contribution in [0.3, 0.4) is 0 Å². The molecule has 76 valence electrons. The number of halogens is 1. The number of hydrogen-bond donors (Lipinski definition) is 0. The number of para-hydroxylation sites is 1. The van der Waals surface area contributed by atoms with E-state index < -0.39 is 0 Å². The third kappa shape index (κ3) is 1.83. The van der Waals surface area contributed by atoms with Gasteiger partial charge in [0.2, 0.25) is 0 Å². The summed E-state index contributed by atoms with van der Waals surface area (Å²) in [5, 5.41) is 4.02. The average molecular weight is 266 g/mol. The molecule has 0 spiro atoms. The zero-order chi connectivity index (χ0) is 10.8. The van der Waals surface area contributed by atoms with Gasteiger partial charge < -0.3 is 0 Å². The lowest BCUT2D eigenvalue weighted by molar-refractivity contribution is 0.100. The number of hydrogen-bond acceptors (Lipinski definition) is 3. The molecule has 15 heavy (non-hydrogen) atoms. The predicted molar refractivity (Wildman–Crippen MR) is 59.1 cm³/mol. The summed E-state index contributed by atoms with van der Waals surface area (Å²) in [5.74, 6) is 0.227. The van der Waals surface area contributed by atoms with Crippen molar-refractivity contribution in [2.45, 2.75) is 6.92 Å². The Morgan fingerprint density at radius 3 is 2.80 bits per heavy atom. The molecular weight excluding hydrogens is 258 g/mol. The predicted octanol–water partition coefficient (Wildman–Crippen LogP) is 2.23. The molecule has 0 fully saturated rings. The van der Waals surface area contributed by atoms with Crippen molar-refractivity contribution in [2.24, 2.45) is 0 Å². The van der Waals surface area contributed by atoms with E-state index in [1.54, 1.807) is 0 Å². The molecule has 0 aliphatic carbocycles. The van der Waals surface area contributed by atoms with Gasteiger partial charge in [0.25, 0.3) is 0 Å². The molecule has 0 amide bonds. The fourth-order valence-electron chi connectivity index (χ4n) is 1.28. The lowest BCUT2D eigenvalue weighted by atomic mass is 10.3. The molecule has 2 rings (SSSR count). The van der Waals surface area contributed by atoms with Gasteiger partial charge in [0.1, 0.15) is 6.33 Å². The van der Waals surface area contributed by atoms with E-state index in [1.807, 2.05) is 24.3 Å². The summed E-state index contributed by atoms with van der Waals surface area (Å²) in [6, 6.07) is 7.54. The Kier molecular flexibility index (Phi) is 2.64. The van der Waals surface area contributed by atoms with E-state index in [2.05, 4.69) is 26.0 Å². The summed E-state index contributed by atoms with van der Waals surface area (Å²) < 4.78 is 2.39. The molecule has 1 heterocycles. The Hall–Kier alpha value is -1.49. The molecule has 2 aromatic rings. The number of nitrogens with zero attached hydrogens (tertiary/aromatic N) is 3. The van der Waals surface area contributed by atoms with Crippen LogP contribution in [0.1, 0.15) is 17.5 Å². The summed E-state index contributed by atoms with van der Waals surface area (Å²) in [6.45, 7) is 1.47. The minimum Gasteiger partial charge on any atom is -0.291 e. The zero-order valence-electron chi connectivity index (χ0n) is 8.01. The second kappa shape index (κ2) is 3.94. The second-order valence-corrected chi connectivity index (χ2v) is 3.86. The molecule has 0 radical (unpaired) electrons. The van der Waals surface area contributed by atoms with E-state index in [0.717, 1.165) is 10.2 Å². The van der Waals surface area contributed by atoms with Gasteiger partial charge >= 0.3 is 0 Å². The van der Waals surface area contributed by atoms with Gasteiger partial charge in [-0.25, -0.2) is 9.67 Å². The van der Waals surface area contributed by atoms with Crippen molar-refractivity contribution in [2.75, 3.05) is 0 Å². The fourth-order valence-corrected chi connectivity index (χ4v) is 1.73. The number of benzene rings is 1. The summed E-state index contributed by atoms with van der Waals surface area (Å²) in [5.41, 5.74) is 0.806. The Bertz CT molecular complexity index is 507. The number of aromatic nitrogens is 3. The molecule has 1 aromatic carbocycles. The first-order chi connectivity index (χ1) is 7.20. The van der Waals surface area contributed by atoms with Crippen molar-refractivity contribution in [1.82, 2.24) is 14.8 Å². The standard InChI is InChI=1S/C10H8BrN3O/c1-7(15)10-12-6-13-14(10)9-5-3-2-4-8(9)11/h2-6H,1H3. The van der Waals surface area contributed by atoms with Gasteiger partial charge in [0.15, 0.2) is 11.6 Å². The molecule has 5 heteroatoms. The van der Waals surface area contributed by atoms with Gasteiger partial charge in [-0.1, -0.05) is 12.1 Å². The van der Waals surface area contributed by atoms with Crippen LogP contribution in [-0.4, -0.2) is 20.5 Å². The van der Waals surface area contributed by atoms with Crippen molar-refractivity contribution in [3.63, 3.8) is 0 Å². The minimum absolute atomic E-state index is 0.108. The van der Waals surface area contributed by atoms with E-state index in [1.165, 1.54) is 17.9 Å². The number of carbonyl (C=O) groups excluding carboxylic acids is 1. The quantitative estimate of drug-likeness (QED) is 0.783. The first kappa shape index (κ1) is 10.0. The van der Waals surface area contributed by atoms with E-state index in [0.29, 0.717) is 5.82 Å². The number of ketones is 1. The second-order valence-electron chi connectivity index (χ2n) is 3.00. The highest BCUT2D eigenvalue weighted by molar-refractivity contribution is 9.10. The molecule has 0 N–H and O–H groups in total. The zero-order valence-corrected chi connectivity index (χ0v) is 9.60. The molecule has 0 saturated heterocycles. The van der Waals surface area contributed by atoms with Crippen molar-refractivity contribution >= 4 is 21.7 Å². The highest BCUT2D eigenvalue weighted by Gasteiger charge is 2.12. The molecule has 4 nitrogen and oxygen atoms in total. The van der Waals surface area contributed by atoms with Crippen LogP contribution < -0.4 is 0 Å². The Labute approximate surface area is 95.1 Å². The number of rotatable bonds is 2. The smallest absolute Gasteiger partial charge is 0.199 e. The lowest BCUT2D eigenvalue weighted by Crippen LogP contribution is -2.07. The molecular formula is C10H8BrN3O. The third-order valence-electron chi connectivity index (χ3n) is 1.94. The van der Waals surface area contributed by atoms with Crippen LogP contribution in [0.15, 0.2) is 35.1 Å². The summed E-state index contributed by atoms with van der Waals surface area (Å²) >= 11 is 3.40. The van der Waals surface area contributed by atoms with E-state index in [4.69, 9.17) is 0 Å². The molecule has 1 aromatic heterocycles. The van der Waals surface area contributed by atoms with Crippen LogP contribution in [0.4, 0.5) is 0 Å². The van der Waals surface area contributed by atoms with Gasteiger partial charge in [0, 0.05) is 11.4 Å². The molecule has 0 aliphatic rings. The Balaban J connectivity index is 2.59. The van der Waals surface area contributed by atoms with Crippen LogP contribution in [-0.2, 0) is 0 Å². The van der Waals surface area contributed by atoms with E-state index in [9.17, 15) is 4.79 Å². The van der Waals surface area contributed by atoms with Crippen molar-refractivity contribution in [1.29, 1.82) is 0 Å². The SMILES string of the molecule is CC(=O)c1ncnn1-c1ccccc1Br. The van der Waals surface area contributed by atoms with Gasteiger partial charge in [-0.2, -0.15) is 5.10 Å². The van der Waals surface area contributed by atoms with Crippen molar-refractivity contribution in [3.8, 4) is 5.69 Å². The molecule has 0 unspecified atom stereocenters. The molecule has 0 aliphatic heterocycles. The third-order valence-corrected chi connectivity index (χ3v) is 2.61. The summed E-state index contributed by atoms with van der Waals surface area (Å²) in [7, 11) is 0. The maximum atomic E-state index is 11.3. The van der Waals surface area contributed by atoms with Gasteiger partial charge in [-0.3, -0.25) is 4.79 Å². The Morgan fingerprint density at radius 1 is 1.40 bits per heavy atom. The topological polar surface area (TPSA) is 47.8 Å². The normalized spacial score (nSPS) is 10.3. The Morgan fingerprint density at radius 2 is 2.13 bits per heavy atom. The highest BCUT2D eigenvalue weighted by Crippen LogP contribution is 2.20. The monoisotopic (exact) mass is 265 g/mol. The van der Waals surface area contributed by atoms with E-state index >= 15 is 0 Å². The van der Waals surface area contributed by atoms with E-state index in [-0.39, 0.29) is 5.78 Å². The summed E-state index contributed by atoms with van der Waals surface area (Å²) in [4.78, 5) is 15.2. The average Bonchev–Trinajstić information content (AvgIpc) is 2.67. The largest absolute Gasteiger partial charge is 0.291 e. The highest BCUT2D eigenvalue weighted by atomic mass is 79.9. The number of carbonyl (C=O) groups is 1. The van der Waals surface area contributed by atoms with Crippen LogP contribution in [0, 0.1) is 0 Å². The maximum Gasteiger partial charge on any atom is 0.199 e.